The summed E-state index contributed by atoms with van der Waals surface area (Å²) in [6, 6.07) is 11.6. The maximum atomic E-state index is 11.8. The van der Waals surface area contributed by atoms with Crippen molar-refractivity contribution in [3.8, 4) is 0 Å². The third-order valence-electron chi connectivity index (χ3n) is 3.95. The number of rotatable bonds is 5. The number of thiocarbonyl (C=S) groups is 1. The third-order valence-corrected chi connectivity index (χ3v) is 7.22. The van der Waals surface area contributed by atoms with Gasteiger partial charge in [-0.2, -0.15) is 0 Å². The van der Waals surface area contributed by atoms with Crippen molar-refractivity contribution >= 4 is 77.7 Å². The monoisotopic (exact) mass is 469 g/mol. The molecule has 0 radical (unpaired) electrons. The van der Waals surface area contributed by atoms with Crippen molar-refractivity contribution in [2.24, 2.45) is 0 Å². The van der Waals surface area contributed by atoms with E-state index in [0.29, 0.717) is 26.4 Å². The summed E-state index contributed by atoms with van der Waals surface area (Å²) >= 11 is 12.8. The van der Waals surface area contributed by atoms with E-state index in [9.17, 15) is 13.2 Å². The Bertz CT molecular complexity index is 1190. The summed E-state index contributed by atoms with van der Waals surface area (Å²) in [6.07, 6.45) is 0. The predicted octanol–water partition coefficient (Wildman–Crippen LogP) is 4.06. The van der Waals surface area contributed by atoms with E-state index in [2.05, 4.69) is 15.4 Å². The first kappa shape index (κ1) is 21.5. The van der Waals surface area contributed by atoms with Gasteiger partial charge in [-0.15, -0.1) is 11.3 Å². The second kappa shape index (κ2) is 8.64. The molecule has 3 aromatic rings. The quantitative estimate of drug-likeness (QED) is 0.383. The number of hydrogen-bond donors (Lipinski definition) is 3. The Morgan fingerprint density at radius 2 is 1.72 bits per heavy atom. The minimum Gasteiger partial charge on any atom is -0.465 e. The molecule has 1 aromatic heterocycles. The van der Waals surface area contributed by atoms with Crippen LogP contribution in [0.2, 0.25) is 5.02 Å². The average Bonchev–Trinajstić information content (AvgIpc) is 3.03. The van der Waals surface area contributed by atoms with Gasteiger partial charge in [-0.1, -0.05) is 11.6 Å². The first-order valence-corrected chi connectivity index (χ1v) is 11.3. The lowest BCUT2D eigenvalue weighted by Crippen LogP contribution is -2.20. The lowest BCUT2D eigenvalue weighted by molar-refractivity contribution is 0.0606. The fourth-order valence-corrected chi connectivity index (χ4v) is 4.93. The highest BCUT2D eigenvalue weighted by atomic mass is 35.5. The summed E-state index contributed by atoms with van der Waals surface area (Å²) in [7, 11) is -0.831. The van der Waals surface area contributed by atoms with Gasteiger partial charge in [-0.25, -0.2) is 17.9 Å². The number of carbonyl (C=O) groups excluding carboxylic acids is 1. The van der Waals surface area contributed by atoms with Gasteiger partial charge in [0.05, 0.1) is 17.0 Å². The van der Waals surface area contributed by atoms with Crippen LogP contribution in [-0.2, 0) is 14.8 Å². The summed E-state index contributed by atoms with van der Waals surface area (Å²) in [4.78, 5) is 12.3. The highest BCUT2D eigenvalue weighted by Crippen LogP contribution is 2.37. The van der Waals surface area contributed by atoms with E-state index in [4.69, 9.17) is 28.6 Å². The zero-order valence-corrected chi connectivity index (χ0v) is 18.5. The maximum Gasteiger partial charge on any atom is 0.349 e. The van der Waals surface area contributed by atoms with E-state index >= 15 is 0 Å². The molecule has 0 saturated heterocycles. The van der Waals surface area contributed by atoms with Gasteiger partial charge in [0.15, 0.2) is 5.11 Å². The Balaban J connectivity index is 1.73. The number of ether oxygens (including phenoxy) is 1. The Morgan fingerprint density at radius 1 is 1.10 bits per heavy atom. The van der Waals surface area contributed by atoms with Gasteiger partial charge in [-0.3, -0.25) is 0 Å². The molecule has 29 heavy (non-hydrogen) atoms. The molecule has 0 atom stereocenters. The van der Waals surface area contributed by atoms with Crippen LogP contribution in [0.3, 0.4) is 0 Å². The maximum absolute atomic E-state index is 11.8. The summed E-state index contributed by atoms with van der Waals surface area (Å²) in [5.74, 6) is -0.480. The smallest absolute Gasteiger partial charge is 0.349 e. The molecule has 7 nitrogen and oxygen atoms in total. The highest BCUT2D eigenvalue weighted by molar-refractivity contribution is 7.89. The van der Waals surface area contributed by atoms with E-state index in [1.165, 1.54) is 37.6 Å². The summed E-state index contributed by atoms with van der Waals surface area (Å²) in [5.41, 5.74) is 1.34. The highest BCUT2D eigenvalue weighted by Gasteiger charge is 2.18. The number of anilines is 2. The minimum atomic E-state index is -3.49. The average molecular weight is 470 g/mol. The molecular weight excluding hydrogens is 454 g/mol. The lowest BCUT2D eigenvalue weighted by Gasteiger charge is -2.11. The van der Waals surface area contributed by atoms with E-state index in [1.807, 2.05) is 6.07 Å². The van der Waals surface area contributed by atoms with E-state index < -0.39 is 16.0 Å². The van der Waals surface area contributed by atoms with Crippen LogP contribution in [0, 0.1) is 0 Å². The van der Waals surface area contributed by atoms with Crippen molar-refractivity contribution in [2.45, 2.75) is 4.90 Å². The van der Waals surface area contributed by atoms with Crippen LogP contribution in [0.15, 0.2) is 47.4 Å². The van der Waals surface area contributed by atoms with Gasteiger partial charge in [0.2, 0.25) is 10.0 Å². The van der Waals surface area contributed by atoms with Crippen molar-refractivity contribution in [1.82, 2.24) is 4.72 Å². The molecular formula is C18H16ClN3O4S3. The second-order valence-electron chi connectivity index (χ2n) is 5.76. The largest absolute Gasteiger partial charge is 0.465 e. The molecule has 0 spiro atoms. The molecule has 2 aromatic carbocycles. The minimum absolute atomic E-state index is 0.158. The molecule has 0 aliphatic rings. The molecule has 0 saturated carbocycles. The Hall–Kier alpha value is -2.24. The molecule has 1 heterocycles. The normalized spacial score (nSPS) is 11.3. The first-order valence-electron chi connectivity index (χ1n) is 8.17. The Labute approximate surface area is 182 Å². The number of halogens is 1. The Kier molecular flexibility index (Phi) is 6.39. The van der Waals surface area contributed by atoms with Crippen molar-refractivity contribution in [2.75, 3.05) is 24.8 Å². The molecule has 0 unspecified atom stereocenters. The molecule has 0 amide bonds. The number of fused-ring (bicyclic) bond motifs is 1. The van der Waals surface area contributed by atoms with Crippen molar-refractivity contribution in [1.29, 1.82) is 0 Å². The lowest BCUT2D eigenvalue weighted by atomic mass is 10.2. The summed E-state index contributed by atoms with van der Waals surface area (Å²) < 4.78 is 31.3. The van der Waals surface area contributed by atoms with Crippen molar-refractivity contribution < 1.29 is 17.9 Å². The Morgan fingerprint density at radius 3 is 2.34 bits per heavy atom. The van der Waals surface area contributed by atoms with Gasteiger partial charge in [0.1, 0.15) is 4.88 Å². The summed E-state index contributed by atoms with van der Waals surface area (Å²) in [6.45, 7) is 0. The van der Waals surface area contributed by atoms with Crippen LogP contribution < -0.4 is 15.4 Å². The van der Waals surface area contributed by atoms with Gasteiger partial charge >= 0.3 is 5.97 Å². The summed E-state index contributed by atoms with van der Waals surface area (Å²) in [5, 5.41) is 7.47. The fraction of sp³-hybridized carbons (Fsp3) is 0.111. The number of methoxy groups -OCH3 is 1. The number of benzene rings is 2. The molecule has 3 rings (SSSR count). The fourth-order valence-electron chi connectivity index (χ4n) is 2.50. The van der Waals surface area contributed by atoms with Gasteiger partial charge < -0.3 is 15.4 Å². The van der Waals surface area contributed by atoms with E-state index in [0.717, 1.165) is 10.1 Å². The van der Waals surface area contributed by atoms with Crippen LogP contribution >= 0.6 is 35.2 Å². The molecule has 3 N–H and O–H groups in total. The SMILES string of the molecule is CNS(=O)(=O)c1ccc(NC(=S)Nc2ccc3c(Cl)c(C(=O)OC)sc3c2)cc1. The second-order valence-corrected chi connectivity index (χ2v) is 9.48. The van der Waals surface area contributed by atoms with Crippen LogP contribution in [-0.4, -0.2) is 33.7 Å². The first-order chi connectivity index (χ1) is 13.7. The van der Waals surface area contributed by atoms with Crippen molar-refractivity contribution in [3.63, 3.8) is 0 Å². The van der Waals surface area contributed by atoms with Gasteiger partial charge in [0.25, 0.3) is 0 Å². The predicted molar refractivity (Wildman–Crippen MR) is 121 cm³/mol. The number of thiophene rings is 1. The standard InChI is InChI=1S/C18H16ClN3O4S3/c1-20-29(24,25)12-6-3-10(4-7-12)21-18(27)22-11-5-8-13-14(9-11)28-16(15(13)19)17(23)26-2/h3-9,20H,1-2H3,(H2,21,22,27). The van der Waals surface area contributed by atoms with Crippen molar-refractivity contribution in [3.05, 3.63) is 52.4 Å². The van der Waals surface area contributed by atoms with Crippen LogP contribution in [0.4, 0.5) is 11.4 Å². The molecule has 0 fully saturated rings. The molecule has 0 bridgehead atoms. The molecule has 0 aliphatic carbocycles. The third kappa shape index (κ3) is 4.68. The van der Waals surface area contributed by atoms with E-state index in [-0.39, 0.29) is 4.90 Å². The number of hydrogen-bond acceptors (Lipinski definition) is 6. The zero-order chi connectivity index (χ0) is 21.2. The van der Waals surface area contributed by atoms with Crippen LogP contribution in [0.25, 0.3) is 10.1 Å². The van der Waals surface area contributed by atoms with Crippen LogP contribution in [0.5, 0.6) is 0 Å². The van der Waals surface area contributed by atoms with Crippen LogP contribution in [0.1, 0.15) is 9.67 Å². The van der Waals surface area contributed by atoms with E-state index in [1.54, 1.807) is 24.3 Å². The molecule has 152 valence electrons. The number of carbonyl (C=O) groups is 1. The number of esters is 1. The molecule has 0 aliphatic heterocycles. The molecule has 11 heteroatoms. The topological polar surface area (TPSA) is 96.5 Å². The van der Waals surface area contributed by atoms with Gasteiger partial charge in [0, 0.05) is 21.5 Å². The van der Waals surface area contributed by atoms with Gasteiger partial charge in [-0.05, 0) is 61.7 Å². The zero-order valence-electron chi connectivity index (χ0n) is 15.3. The number of nitrogens with one attached hydrogen (secondary N) is 3. The number of sulfonamides is 1.